The van der Waals surface area contributed by atoms with Crippen LogP contribution in [0.3, 0.4) is 0 Å². The standard InChI is InChI=1S/C21H35N3O.HI/c1-5-22-21(24-14-12-19(13-15-24)25-6-2)23-16-20(17(3)4)18-10-8-7-9-11-18;/h7-11,17,19-20H,5-6,12-16H2,1-4H3,(H,22,23);1H. The van der Waals surface area contributed by atoms with Gasteiger partial charge in [0.05, 0.1) is 6.10 Å². The number of halogens is 1. The summed E-state index contributed by atoms with van der Waals surface area (Å²) in [5.41, 5.74) is 1.38. The van der Waals surface area contributed by atoms with Gasteiger partial charge in [0.25, 0.3) is 0 Å². The highest BCUT2D eigenvalue weighted by molar-refractivity contribution is 14.0. The van der Waals surface area contributed by atoms with Crippen LogP contribution in [0.2, 0.25) is 0 Å². The van der Waals surface area contributed by atoms with E-state index in [1.54, 1.807) is 0 Å². The Morgan fingerprint density at radius 1 is 1.19 bits per heavy atom. The highest BCUT2D eigenvalue weighted by Gasteiger charge is 2.22. The van der Waals surface area contributed by atoms with E-state index in [0.29, 0.717) is 17.9 Å². The lowest BCUT2D eigenvalue weighted by molar-refractivity contribution is 0.0263. The maximum absolute atomic E-state index is 5.77. The number of hydrogen-bond acceptors (Lipinski definition) is 2. The van der Waals surface area contributed by atoms with Gasteiger partial charge < -0.3 is 15.0 Å². The van der Waals surface area contributed by atoms with Gasteiger partial charge in [-0.3, -0.25) is 4.99 Å². The first-order valence-electron chi connectivity index (χ1n) is 9.85. The third kappa shape index (κ3) is 7.06. The molecule has 0 amide bonds. The SMILES string of the molecule is CCNC(=NCC(c1ccccc1)C(C)C)N1CCC(OCC)CC1.I. The van der Waals surface area contributed by atoms with Crippen LogP contribution in [0.15, 0.2) is 35.3 Å². The molecule has 4 nitrogen and oxygen atoms in total. The molecule has 0 aliphatic carbocycles. The van der Waals surface area contributed by atoms with E-state index in [-0.39, 0.29) is 24.0 Å². The zero-order chi connectivity index (χ0) is 18.1. The summed E-state index contributed by atoms with van der Waals surface area (Å²) >= 11 is 0. The monoisotopic (exact) mass is 473 g/mol. The quantitative estimate of drug-likeness (QED) is 0.360. The fourth-order valence-corrected chi connectivity index (χ4v) is 3.48. The van der Waals surface area contributed by atoms with Crippen molar-refractivity contribution < 1.29 is 4.74 Å². The minimum absolute atomic E-state index is 0. The van der Waals surface area contributed by atoms with Crippen LogP contribution < -0.4 is 5.32 Å². The van der Waals surface area contributed by atoms with Crippen LogP contribution in [0.1, 0.15) is 52.0 Å². The Kier molecular flexibility index (Phi) is 11.2. The Morgan fingerprint density at radius 2 is 1.85 bits per heavy atom. The minimum atomic E-state index is 0. The molecule has 1 saturated heterocycles. The number of rotatable bonds is 7. The number of benzene rings is 1. The van der Waals surface area contributed by atoms with Crippen LogP contribution in [0.5, 0.6) is 0 Å². The highest BCUT2D eigenvalue weighted by atomic mass is 127. The van der Waals surface area contributed by atoms with Gasteiger partial charge in [0, 0.05) is 38.7 Å². The average Bonchev–Trinajstić information content (AvgIpc) is 2.63. The van der Waals surface area contributed by atoms with Gasteiger partial charge >= 0.3 is 0 Å². The van der Waals surface area contributed by atoms with Crippen molar-refractivity contribution in [2.24, 2.45) is 10.9 Å². The molecule has 0 radical (unpaired) electrons. The molecule has 1 fully saturated rings. The molecule has 2 rings (SSSR count). The molecule has 1 unspecified atom stereocenters. The van der Waals surface area contributed by atoms with Crippen molar-refractivity contribution in [3.63, 3.8) is 0 Å². The predicted octanol–water partition coefficient (Wildman–Crippen LogP) is 4.51. The molecule has 0 spiro atoms. The van der Waals surface area contributed by atoms with E-state index in [2.05, 4.69) is 68.2 Å². The van der Waals surface area contributed by atoms with Gasteiger partial charge in [0.2, 0.25) is 0 Å². The van der Waals surface area contributed by atoms with Gasteiger partial charge in [-0.25, -0.2) is 0 Å². The van der Waals surface area contributed by atoms with Crippen LogP contribution in [0, 0.1) is 5.92 Å². The number of nitrogens with one attached hydrogen (secondary N) is 1. The largest absolute Gasteiger partial charge is 0.378 e. The van der Waals surface area contributed by atoms with Crippen molar-refractivity contribution in [2.45, 2.75) is 52.6 Å². The lowest BCUT2D eigenvalue weighted by Gasteiger charge is -2.34. The van der Waals surface area contributed by atoms with Crippen LogP contribution in [0.4, 0.5) is 0 Å². The first-order chi connectivity index (χ1) is 12.2. The summed E-state index contributed by atoms with van der Waals surface area (Å²) in [5.74, 6) is 2.08. The molecule has 1 atom stereocenters. The number of ether oxygens (including phenoxy) is 1. The maximum atomic E-state index is 5.77. The Bertz CT molecular complexity index is 513. The molecule has 148 valence electrons. The van der Waals surface area contributed by atoms with Crippen LogP contribution in [-0.4, -0.2) is 49.7 Å². The van der Waals surface area contributed by atoms with Crippen molar-refractivity contribution in [3.8, 4) is 0 Å². The maximum Gasteiger partial charge on any atom is 0.193 e. The van der Waals surface area contributed by atoms with E-state index in [0.717, 1.165) is 51.6 Å². The second kappa shape index (κ2) is 12.5. The number of nitrogens with zero attached hydrogens (tertiary/aromatic N) is 2. The molecule has 1 aromatic carbocycles. The first-order valence-corrected chi connectivity index (χ1v) is 9.85. The van der Waals surface area contributed by atoms with E-state index < -0.39 is 0 Å². The van der Waals surface area contributed by atoms with Crippen molar-refractivity contribution in [3.05, 3.63) is 35.9 Å². The first kappa shape index (κ1) is 23.2. The molecule has 0 aromatic heterocycles. The van der Waals surface area contributed by atoms with Crippen molar-refractivity contribution in [1.82, 2.24) is 10.2 Å². The number of aliphatic imine (C=N–C) groups is 1. The molecular formula is C21H36IN3O. The Hall–Kier alpha value is -0.820. The van der Waals surface area contributed by atoms with Gasteiger partial charge in [-0.1, -0.05) is 44.2 Å². The van der Waals surface area contributed by atoms with Crippen molar-refractivity contribution in [1.29, 1.82) is 0 Å². The van der Waals surface area contributed by atoms with Gasteiger partial charge in [0.15, 0.2) is 5.96 Å². The molecule has 1 heterocycles. The van der Waals surface area contributed by atoms with E-state index in [4.69, 9.17) is 9.73 Å². The summed E-state index contributed by atoms with van der Waals surface area (Å²) < 4.78 is 5.77. The average molecular weight is 473 g/mol. The normalized spacial score (nSPS) is 17.1. The summed E-state index contributed by atoms with van der Waals surface area (Å²) in [6, 6.07) is 10.8. The van der Waals surface area contributed by atoms with E-state index in [1.807, 2.05) is 0 Å². The molecule has 1 aliphatic rings. The molecule has 5 heteroatoms. The summed E-state index contributed by atoms with van der Waals surface area (Å²) in [5, 5.41) is 3.48. The second-order valence-electron chi connectivity index (χ2n) is 7.10. The molecule has 0 bridgehead atoms. The van der Waals surface area contributed by atoms with Crippen molar-refractivity contribution in [2.75, 3.05) is 32.8 Å². The van der Waals surface area contributed by atoms with Gasteiger partial charge in [-0.2, -0.15) is 0 Å². The fourth-order valence-electron chi connectivity index (χ4n) is 3.48. The third-order valence-corrected chi connectivity index (χ3v) is 4.95. The molecule has 0 saturated carbocycles. The minimum Gasteiger partial charge on any atom is -0.378 e. The molecule has 26 heavy (non-hydrogen) atoms. The lowest BCUT2D eigenvalue weighted by Crippen LogP contribution is -2.47. The number of likely N-dealkylation sites (tertiary alicyclic amines) is 1. The molecule has 1 aromatic rings. The Balaban J connectivity index is 0.00000338. The Labute approximate surface area is 176 Å². The predicted molar refractivity (Wildman–Crippen MR) is 122 cm³/mol. The fraction of sp³-hybridized carbons (Fsp3) is 0.667. The molecule has 1 N–H and O–H groups in total. The second-order valence-corrected chi connectivity index (χ2v) is 7.10. The lowest BCUT2D eigenvalue weighted by atomic mass is 9.88. The number of guanidine groups is 1. The van der Waals surface area contributed by atoms with Gasteiger partial charge in [-0.05, 0) is 38.2 Å². The zero-order valence-corrected chi connectivity index (χ0v) is 19.1. The van der Waals surface area contributed by atoms with E-state index in [9.17, 15) is 0 Å². The number of piperidine rings is 1. The summed E-state index contributed by atoms with van der Waals surface area (Å²) in [6.07, 6.45) is 2.59. The van der Waals surface area contributed by atoms with E-state index in [1.165, 1.54) is 5.56 Å². The van der Waals surface area contributed by atoms with Gasteiger partial charge in [0.1, 0.15) is 0 Å². The summed E-state index contributed by atoms with van der Waals surface area (Å²) in [4.78, 5) is 7.39. The van der Waals surface area contributed by atoms with Crippen LogP contribution >= 0.6 is 24.0 Å². The molecule has 1 aliphatic heterocycles. The van der Waals surface area contributed by atoms with Crippen molar-refractivity contribution >= 4 is 29.9 Å². The summed E-state index contributed by atoms with van der Waals surface area (Å²) in [7, 11) is 0. The highest BCUT2D eigenvalue weighted by Crippen LogP contribution is 2.24. The van der Waals surface area contributed by atoms with Crippen LogP contribution in [0.25, 0.3) is 0 Å². The zero-order valence-electron chi connectivity index (χ0n) is 16.8. The Morgan fingerprint density at radius 3 is 2.38 bits per heavy atom. The molecular weight excluding hydrogens is 437 g/mol. The van der Waals surface area contributed by atoms with Crippen LogP contribution in [-0.2, 0) is 4.74 Å². The van der Waals surface area contributed by atoms with Gasteiger partial charge in [-0.15, -0.1) is 24.0 Å². The smallest absolute Gasteiger partial charge is 0.193 e. The topological polar surface area (TPSA) is 36.9 Å². The summed E-state index contributed by atoms with van der Waals surface area (Å²) in [6.45, 7) is 13.4. The van der Waals surface area contributed by atoms with E-state index >= 15 is 0 Å². The number of hydrogen-bond donors (Lipinski definition) is 1. The third-order valence-electron chi connectivity index (χ3n) is 4.95.